The molecule has 1 heterocycles. The Kier molecular flexibility index (Phi) is 11.1. The lowest BCUT2D eigenvalue weighted by molar-refractivity contribution is -0.122. The smallest absolute Gasteiger partial charge is 0.335 e. The summed E-state index contributed by atoms with van der Waals surface area (Å²) < 4.78 is 23.0. The highest BCUT2D eigenvalue weighted by molar-refractivity contribution is 9.10. The molecule has 1 aliphatic rings. The van der Waals surface area contributed by atoms with Gasteiger partial charge in [-0.3, -0.25) is 19.7 Å². The van der Waals surface area contributed by atoms with Crippen LogP contribution in [0.4, 0.5) is 16.2 Å². The first-order valence-corrected chi connectivity index (χ1v) is 15.1. The fourth-order valence-corrected chi connectivity index (χ4v) is 5.02. The number of barbiturate groups is 1. The molecule has 0 aromatic heterocycles. The monoisotopic (exact) mass is 699 g/mol. The van der Waals surface area contributed by atoms with Gasteiger partial charge in [-0.1, -0.05) is 24.6 Å². The van der Waals surface area contributed by atoms with E-state index in [0.29, 0.717) is 38.9 Å². The van der Waals surface area contributed by atoms with Gasteiger partial charge in [0.1, 0.15) is 5.57 Å². The van der Waals surface area contributed by atoms with E-state index in [9.17, 15) is 19.2 Å². The van der Waals surface area contributed by atoms with Crippen molar-refractivity contribution in [3.05, 3.63) is 74.7 Å². The molecular formula is C32H31BrClN3O8. The summed E-state index contributed by atoms with van der Waals surface area (Å²) in [4.78, 5) is 52.5. The summed E-state index contributed by atoms with van der Waals surface area (Å²) >= 11 is 9.58. The SMILES string of the molecule is CCCOc1ccc(N2C(=O)NC(=O)/C(=C/c3cc(Br)c(OCC(=O)Nc4ccc(C)c(Cl)c4)c(OCC)c3)C2=O)cc1OC. The number of aryl methyl sites for hydroxylation is 1. The molecule has 13 heteroatoms. The second-order valence-corrected chi connectivity index (χ2v) is 11.0. The number of anilines is 2. The van der Waals surface area contributed by atoms with Crippen molar-refractivity contribution in [3.63, 3.8) is 0 Å². The van der Waals surface area contributed by atoms with Crippen LogP contribution in [0.15, 0.2) is 58.6 Å². The van der Waals surface area contributed by atoms with Crippen LogP contribution in [0, 0.1) is 6.92 Å². The van der Waals surface area contributed by atoms with Crippen molar-refractivity contribution in [2.75, 3.05) is 37.1 Å². The van der Waals surface area contributed by atoms with E-state index in [2.05, 4.69) is 26.6 Å². The maximum Gasteiger partial charge on any atom is 0.335 e. The zero-order chi connectivity index (χ0) is 32.7. The van der Waals surface area contributed by atoms with Crippen LogP contribution in [-0.4, -0.2) is 50.7 Å². The number of amides is 5. The number of imide groups is 2. The number of ether oxygens (including phenoxy) is 4. The largest absolute Gasteiger partial charge is 0.493 e. The lowest BCUT2D eigenvalue weighted by Gasteiger charge is -2.27. The molecule has 1 saturated heterocycles. The summed E-state index contributed by atoms with van der Waals surface area (Å²) in [5.41, 5.74) is 1.68. The van der Waals surface area contributed by atoms with Gasteiger partial charge < -0.3 is 24.3 Å². The van der Waals surface area contributed by atoms with E-state index >= 15 is 0 Å². The van der Waals surface area contributed by atoms with Gasteiger partial charge in [-0.2, -0.15) is 0 Å². The summed E-state index contributed by atoms with van der Waals surface area (Å²) in [6.07, 6.45) is 2.11. The number of benzene rings is 3. The zero-order valence-corrected chi connectivity index (χ0v) is 27.3. The number of hydrogen-bond donors (Lipinski definition) is 2. The highest BCUT2D eigenvalue weighted by Crippen LogP contribution is 2.38. The second-order valence-electron chi connectivity index (χ2n) is 9.71. The maximum atomic E-state index is 13.5. The van der Waals surface area contributed by atoms with E-state index in [0.717, 1.165) is 16.9 Å². The first kappa shape index (κ1) is 33.3. The number of halogens is 2. The number of hydrogen-bond acceptors (Lipinski definition) is 8. The van der Waals surface area contributed by atoms with Gasteiger partial charge in [-0.15, -0.1) is 0 Å². The molecule has 2 N–H and O–H groups in total. The molecule has 236 valence electrons. The molecule has 1 fully saturated rings. The quantitative estimate of drug-likeness (QED) is 0.167. The standard InChI is InChI=1S/C32H31BrClN3O8/c1-5-11-44-25-10-9-21(16-26(25)42-4)37-31(40)22(30(39)36-32(37)41)12-19-13-23(33)29(27(14-19)43-6-2)45-17-28(38)35-20-8-7-18(3)24(34)15-20/h7-10,12-16H,5-6,11,17H2,1-4H3,(H,35,38)(H,36,39,41)/b22-12-. The number of methoxy groups -OCH3 is 1. The summed E-state index contributed by atoms with van der Waals surface area (Å²) in [5.74, 6) is -0.854. The zero-order valence-electron chi connectivity index (χ0n) is 25.0. The van der Waals surface area contributed by atoms with Crippen LogP contribution >= 0.6 is 27.5 Å². The summed E-state index contributed by atoms with van der Waals surface area (Å²) in [7, 11) is 1.44. The summed E-state index contributed by atoms with van der Waals surface area (Å²) in [5, 5.41) is 5.45. The highest BCUT2D eigenvalue weighted by Gasteiger charge is 2.37. The molecule has 0 spiro atoms. The first-order valence-electron chi connectivity index (χ1n) is 13.9. The van der Waals surface area contributed by atoms with Gasteiger partial charge in [0, 0.05) is 16.8 Å². The van der Waals surface area contributed by atoms with Crippen LogP contribution in [-0.2, 0) is 14.4 Å². The third-order valence-electron chi connectivity index (χ3n) is 6.41. The molecule has 0 saturated carbocycles. The number of urea groups is 1. The van der Waals surface area contributed by atoms with Crippen LogP contribution in [0.5, 0.6) is 23.0 Å². The predicted molar refractivity (Wildman–Crippen MR) is 173 cm³/mol. The normalized spacial score (nSPS) is 13.9. The lowest BCUT2D eigenvalue weighted by Crippen LogP contribution is -2.54. The molecule has 5 amide bonds. The molecule has 0 bridgehead atoms. The number of carbonyl (C=O) groups excluding carboxylic acids is 4. The van der Waals surface area contributed by atoms with Crippen molar-refractivity contribution in [1.29, 1.82) is 0 Å². The molecule has 0 unspecified atom stereocenters. The van der Waals surface area contributed by atoms with Crippen molar-refractivity contribution in [2.45, 2.75) is 27.2 Å². The fourth-order valence-electron chi connectivity index (χ4n) is 4.26. The lowest BCUT2D eigenvalue weighted by atomic mass is 10.1. The van der Waals surface area contributed by atoms with Crippen molar-refractivity contribution in [1.82, 2.24) is 5.32 Å². The molecule has 3 aromatic carbocycles. The fraction of sp³-hybridized carbons (Fsp3) is 0.250. The molecule has 0 radical (unpaired) electrons. The van der Waals surface area contributed by atoms with Crippen molar-refractivity contribution < 1.29 is 38.1 Å². The van der Waals surface area contributed by atoms with E-state index in [1.54, 1.807) is 43.3 Å². The van der Waals surface area contributed by atoms with Crippen LogP contribution in [0.2, 0.25) is 5.02 Å². The first-order chi connectivity index (χ1) is 21.6. The van der Waals surface area contributed by atoms with Crippen molar-refractivity contribution in [3.8, 4) is 23.0 Å². The van der Waals surface area contributed by atoms with Crippen LogP contribution in [0.1, 0.15) is 31.4 Å². The third kappa shape index (κ3) is 7.95. The van der Waals surface area contributed by atoms with Gasteiger partial charge in [0.15, 0.2) is 29.6 Å². The minimum atomic E-state index is -0.905. The highest BCUT2D eigenvalue weighted by atomic mass is 79.9. The van der Waals surface area contributed by atoms with Gasteiger partial charge in [0.25, 0.3) is 17.7 Å². The molecular weight excluding hydrogens is 670 g/mol. The molecule has 1 aliphatic heterocycles. The third-order valence-corrected chi connectivity index (χ3v) is 7.41. The van der Waals surface area contributed by atoms with Crippen LogP contribution in [0.25, 0.3) is 6.08 Å². The molecule has 3 aromatic rings. The van der Waals surface area contributed by atoms with Gasteiger partial charge >= 0.3 is 6.03 Å². The van der Waals surface area contributed by atoms with E-state index < -0.39 is 23.8 Å². The van der Waals surface area contributed by atoms with E-state index in [1.807, 2.05) is 13.8 Å². The van der Waals surface area contributed by atoms with Crippen molar-refractivity contribution >= 4 is 68.7 Å². The van der Waals surface area contributed by atoms with Crippen molar-refractivity contribution in [2.24, 2.45) is 0 Å². The Morgan fingerprint density at radius 1 is 1.00 bits per heavy atom. The summed E-state index contributed by atoms with van der Waals surface area (Å²) in [6, 6.07) is 12.0. The number of nitrogens with one attached hydrogen (secondary N) is 2. The molecule has 4 rings (SSSR count). The van der Waals surface area contributed by atoms with E-state index in [-0.39, 0.29) is 36.0 Å². The van der Waals surface area contributed by atoms with E-state index in [4.69, 9.17) is 30.5 Å². The Hall–Kier alpha value is -4.55. The van der Waals surface area contributed by atoms with Gasteiger partial charge in [0.2, 0.25) is 0 Å². The maximum absolute atomic E-state index is 13.5. The minimum Gasteiger partial charge on any atom is -0.493 e. The van der Waals surface area contributed by atoms with Gasteiger partial charge in [-0.25, -0.2) is 9.69 Å². The Labute approximate surface area is 273 Å². The average Bonchev–Trinajstić information content (AvgIpc) is 3.00. The molecule has 0 aliphatic carbocycles. The second kappa shape index (κ2) is 15.0. The van der Waals surface area contributed by atoms with Crippen LogP contribution in [0.3, 0.4) is 0 Å². The van der Waals surface area contributed by atoms with Gasteiger partial charge in [0.05, 0.1) is 30.5 Å². The Morgan fingerprint density at radius 3 is 2.47 bits per heavy atom. The number of carbonyl (C=O) groups is 4. The number of rotatable bonds is 12. The Balaban J connectivity index is 1.58. The predicted octanol–water partition coefficient (Wildman–Crippen LogP) is 6.29. The topological polar surface area (TPSA) is 132 Å². The summed E-state index contributed by atoms with van der Waals surface area (Å²) in [6.45, 7) is 5.97. The van der Waals surface area contributed by atoms with Gasteiger partial charge in [-0.05, 0) is 89.8 Å². The van der Waals surface area contributed by atoms with Crippen LogP contribution < -0.4 is 34.5 Å². The Morgan fingerprint density at radius 2 is 1.78 bits per heavy atom. The average molecular weight is 701 g/mol. The molecule has 0 atom stereocenters. The molecule has 11 nitrogen and oxygen atoms in total. The number of nitrogens with zero attached hydrogens (tertiary/aromatic N) is 1. The van der Waals surface area contributed by atoms with E-state index in [1.165, 1.54) is 25.3 Å². The Bertz CT molecular complexity index is 1680. The molecule has 45 heavy (non-hydrogen) atoms. The minimum absolute atomic E-state index is 0.183.